The number of aromatic nitrogens is 5. The molecule has 4 heterocycles. The normalized spacial score (nSPS) is 11.8. The third-order valence-electron chi connectivity index (χ3n) is 6.52. The van der Waals surface area contributed by atoms with Crippen LogP contribution < -0.4 is 5.32 Å². The second-order valence-corrected chi connectivity index (χ2v) is 10.9. The van der Waals surface area contributed by atoms with Crippen molar-refractivity contribution in [3.8, 4) is 33.6 Å². The van der Waals surface area contributed by atoms with Crippen LogP contribution in [0.25, 0.3) is 55.6 Å². The first-order chi connectivity index (χ1) is 18.7. The molecule has 0 saturated carbocycles. The van der Waals surface area contributed by atoms with Gasteiger partial charge in [-0.05, 0) is 52.9 Å². The lowest BCUT2D eigenvalue weighted by molar-refractivity contribution is -0.117. The molecule has 2 aromatic carbocycles. The molecule has 7 nitrogen and oxygen atoms in total. The van der Waals surface area contributed by atoms with E-state index in [9.17, 15) is 9.18 Å². The molecule has 0 aliphatic carbocycles. The van der Waals surface area contributed by atoms with Crippen LogP contribution in [0.1, 0.15) is 27.2 Å². The van der Waals surface area contributed by atoms with Crippen LogP contribution in [0, 0.1) is 11.2 Å². The molecule has 6 rings (SSSR count). The SMILES string of the molecule is CC(C)(C)CC(=O)Nc1cncc(-c2cnc3[nH]nc(-c4cc5c(-c6cccc(F)c6)cccc5[nH]4)c3c2)c1. The van der Waals surface area contributed by atoms with Gasteiger partial charge in [-0.2, -0.15) is 5.10 Å². The van der Waals surface area contributed by atoms with E-state index >= 15 is 0 Å². The number of benzene rings is 2. The first-order valence-electron chi connectivity index (χ1n) is 12.7. The van der Waals surface area contributed by atoms with E-state index in [0.29, 0.717) is 17.8 Å². The number of rotatable bonds is 5. The van der Waals surface area contributed by atoms with Crippen molar-refractivity contribution in [2.45, 2.75) is 27.2 Å². The first kappa shape index (κ1) is 24.5. The number of carbonyl (C=O) groups excluding carboxylic acids is 1. The Bertz CT molecular complexity index is 1850. The zero-order valence-corrected chi connectivity index (χ0v) is 21.8. The standard InChI is InChI=1S/C31H27FN6O/c1-31(2,3)14-28(39)35-22-11-19(15-33-17-22)20-12-25-29(37-38-30(25)34-16-20)27-13-24-23(8-5-9-26(24)36-27)18-6-4-7-21(32)10-18/h4-13,15-17,36H,14H2,1-3H3,(H,35,39)(H,34,37,38). The van der Waals surface area contributed by atoms with Gasteiger partial charge in [0.15, 0.2) is 5.65 Å². The molecule has 0 fully saturated rings. The van der Waals surface area contributed by atoms with Crippen LogP contribution in [0.15, 0.2) is 79.3 Å². The van der Waals surface area contributed by atoms with E-state index in [1.807, 2.05) is 63.2 Å². The summed E-state index contributed by atoms with van der Waals surface area (Å²) in [5, 5.41) is 12.3. The molecule has 0 unspecified atom stereocenters. The lowest BCUT2D eigenvalue weighted by atomic mass is 9.92. The molecule has 0 bridgehead atoms. The monoisotopic (exact) mass is 518 g/mol. The van der Waals surface area contributed by atoms with Crippen molar-refractivity contribution in [1.29, 1.82) is 0 Å². The van der Waals surface area contributed by atoms with Crippen LogP contribution in [-0.4, -0.2) is 31.1 Å². The van der Waals surface area contributed by atoms with Crippen LogP contribution in [0.5, 0.6) is 0 Å². The second-order valence-electron chi connectivity index (χ2n) is 10.9. The van der Waals surface area contributed by atoms with Crippen LogP contribution in [0.4, 0.5) is 10.1 Å². The fraction of sp³-hybridized carbons (Fsp3) is 0.161. The zero-order chi connectivity index (χ0) is 27.1. The molecule has 0 saturated heterocycles. The lowest BCUT2D eigenvalue weighted by Crippen LogP contribution is -2.19. The number of nitrogens with zero attached hydrogens (tertiary/aromatic N) is 3. The van der Waals surface area contributed by atoms with Gasteiger partial charge in [0.2, 0.25) is 5.91 Å². The molecule has 3 N–H and O–H groups in total. The average Bonchev–Trinajstić information content (AvgIpc) is 3.51. The number of anilines is 1. The Morgan fingerprint density at radius 3 is 2.56 bits per heavy atom. The van der Waals surface area contributed by atoms with Gasteiger partial charge in [-0.3, -0.25) is 14.9 Å². The number of hydrogen-bond acceptors (Lipinski definition) is 4. The third kappa shape index (κ3) is 5.01. The highest BCUT2D eigenvalue weighted by Gasteiger charge is 2.17. The molecule has 0 aliphatic rings. The van der Waals surface area contributed by atoms with E-state index in [-0.39, 0.29) is 17.1 Å². The minimum absolute atomic E-state index is 0.0523. The first-order valence-corrected chi connectivity index (χ1v) is 12.7. The Morgan fingerprint density at radius 1 is 0.923 bits per heavy atom. The molecular weight excluding hydrogens is 491 g/mol. The average molecular weight is 519 g/mol. The topological polar surface area (TPSA) is 99.3 Å². The molecule has 8 heteroatoms. The fourth-order valence-corrected chi connectivity index (χ4v) is 4.81. The maximum absolute atomic E-state index is 13.9. The minimum Gasteiger partial charge on any atom is -0.353 e. The largest absolute Gasteiger partial charge is 0.353 e. The van der Waals surface area contributed by atoms with Gasteiger partial charge in [0.05, 0.1) is 17.6 Å². The molecule has 0 atom stereocenters. The zero-order valence-electron chi connectivity index (χ0n) is 21.8. The maximum Gasteiger partial charge on any atom is 0.224 e. The van der Waals surface area contributed by atoms with Gasteiger partial charge in [0.1, 0.15) is 11.5 Å². The molecule has 6 aromatic rings. The van der Waals surface area contributed by atoms with Crippen LogP contribution in [-0.2, 0) is 4.79 Å². The molecular formula is C31H27FN6O. The summed E-state index contributed by atoms with van der Waals surface area (Å²) in [6.45, 7) is 6.08. The van der Waals surface area contributed by atoms with Crippen LogP contribution in [0.3, 0.4) is 0 Å². The van der Waals surface area contributed by atoms with Crippen molar-refractivity contribution in [3.63, 3.8) is 0 Å². The number of aromatic amines is 2. The van der Waals surface area contributed by atoms with E-state index in [1.54, 1.807) is 24.7 Å². The second kappa shape index (κ2) is 9.47. The Balaban J connectivity index is 1.37. The quantitative estimate of drug-likeness (QED) is 0.222. The van der Waals surface area contributed by atoms with E-state index in [0.717, 1.165) is 49.9 Å². The van der Waals surface area contributed by atoms with E-state index in [2.05, 4.69) is 30.5 Å². The highest BCUT2D eigenvalue weighted by molar-refractivity contribution is 6.01. The van der Waals surface area contributed by atoms with Crippen molar-refractivity contribution in [1.82, 2.24) is 25.1 Å². The number of fused-ring (bicyclic) bond motifs is 2. The number of halogens is 1. The third-order valence-corrected chi connectivity index (χ3v) is 6.52. The van der Waals surface area contributed by atoms with Gasteiger partial charge in [-0.25, -0.2) is 9.37 Å². The van der Waals surface area contributed by atoms with Gasteiger partial charge in [-0.1, -0.05) is 45.0 Å². The predicted molar refractivity (Wildman–Crippen MR) is 153 cm³/mol. The molecule has 0 spiro atoms. The van der Waals surface area contributed by atoms with Gasteiger partial charge in [0, 0.05) is 46.2 Å². The van der Waals surface area contributed by atoms with Gasteiger partial charge >= 0.3 is 0 Å². The number of hydrogen-bond donors (Lipinski definition) is 3. The number of H-pyrrole nitrogens is 2. The summed E-state index contributed by atoms with van der Waals surface area (Å²) in [5.74, 6) is -0.326. The molecule has 0 aliphatic heterocycles. The van der Waals surface area contributed by atoms with Gasteiger partial charge in [0.25, 0.3) is 0 Å². The smallest absolute Gasteiger partial charge is 0.224 e. The minimum atomic E-state index is -0.274. The summed E-state index contributed by atoms with van der Waals surface area (Å²) in [5.41, 5.74) is 7.07. The molecule has 39 heavy (non-hydrogen) atoms. The fourth-order valence-electron chi connectivity index (χ4n) is 4.81. The summed E-state index contributed by atoms with van der Waals surface area (Å²) in [6.07, 6.45) is 5.56. The Hall–Kier alpha value is -4.85. The Kier molecular flexibility index (Phi) is 5.95. The summed E-state index contributed by atoms with van der Waals surface area (Å²) in [6, 6.07) is 18.5. The van der Waals surface area contributed by atoms with Crippen LogP contribution in [0.2, 0.25) is 0 Å². The summed E-state index contributed by atoms with van der Waals surface area (Å²) >= 11 is 0. The van der Waals surface area contributed by atoms with E-state index < -0.39 is 0 Å². The molecule has 0 radical (unpaired) electrons. The molecule has 4 aromatic heterocycles. The summed E-state index contributed by atoms with van der Waals surface area (Å²) < 4.78 is 13.9. The van der Waals surface area contributed by atoms with Gasteiger partial charge < -0.3 is 10.3 Å². The molecule has 1 amide bonds. The summed E-state index contributed by atoms with van der Waals surface area (Å²) in [4.78, 5) is 24.8. The number of amides is 1. The summed E-state index contributed by atoms with van der Waals surface area (Å²) in [7, 11) is 0. The van der Waals surface area contributed by atoms with Crippen LogP contribution >= 0.6 is 0 Å². The van der Waals surface area contributed by atoms with E-state index in [1.165, 1.54) is 12.1 Å². The van der Waals surface area contributed by atoms with Crippen molar-refractivity contribution in [2.24, 2.45) is 5.41 Å². The number of carbonyl (C=O) groups is 1. The Labute approximate surface area is 224 Å². The highest BCUT2D eigenvalue weighted by atomic mass is 19.1. The van der Waals surface area contributed by atoms with Crippen molar-refractivity contribution in [3.05, 3.63) is 85.1 Å². The maximum atomic E-state index is 13.9. The highest BCUT2D eigenvalue weighted by Crippen LogP contribution is 2.35. The Morgan fingerprint density at radius 2 is 1.74 bits per heavy atom. The van der Waals surface area contributed by atoms with Crippen molar-refractivity contribution in [2.75, 3.05) is 5.32 Å². The predicted octanol–water partition coefficient (Wildman–Crippen LogP) is 7.35. The number of nitrogens with one attached hydrogen (secondary N) is 3. The molecule has 194 valence electrons. The van der Waals surface area contributed by atoms with Crippen molar-refractivity contribution < 1.29 is 9.18 Å². The van der Waals surface area contributed by atoms with E-state index in [4.69, 9.17) is 0 Å². The van der Waals surface area contributed by atoms with Crippen molar-refractivity contribution >= 4 is 33.5 Å². The van der Waals surface area contributed by atoms with Gasteiger partial charge in [-0.15, -0.1) is 0 Å². The number of pyridine rings is 2. The lowest BCUT2D eigenvalue weighted by Gasteiger charge is -2.17.